The Bertz CT molecular complexity index is 580. The highest BCUT2D eigenvalue weighted by Crippen LogP contribution is 2.39. The van der Waals surface area contributed by atoms with Gasteiger partial charge in [0.05, 0.1) is 10.0 Å². The van der Waals surface area contributed by atoms with E-state index in [0.29, 0.717) is 21.7 Å². The normalized spacial score (nSPS) is 19.4. The van der Waals surface area contributed by atoms with Crippen molar-refractivity contribution in [2.24, 2.45) is 5.92 Å². The van der Waals surface area contributed by atoms with Gasteiger partial charge < -0.3 is 10.1 Å². The summed E-state index contributed by atoms with van der Waals surface area (Å²) >= 11 is 12.5. The van der Waals surface area contributed by atoms with Crippen molar-refractivity contribution in [3.8, 4) is 5.75 Å². The molecular weight excluding hydrogens is 307 g/mol. The molecule has 1 aromatic carbocycles. The lowest BCUT2D eigenvalue weighted by atomic mass is 9.96. The number of benzene rings is 1. The van der Waals surface area contributed by atoms with Crippen LogP contribution in [0.3, 0.4) is 0 Å². The number of para-hydroxylation sites is 1. The summed E-state index contributed by atoms with van der Waals surface area (Å²) in [6.07, 6.45) is 4.55. The van der Waals surface area contributed by atoms with Crippen molar-refractivity contribution in [2.45, 2.75) is 12.5 Å². The highest BCUT2D eigenvalue weighted by Gasteiger charge is 2.29. The van der Waals surface area contributed by atoms with Gasteiger partial charge in [-0.1, -0.05) is 35.3 Å². The van der Waals surface area contributed by atoms with Crippen LogP contribution < -0.4 is 10.1 Å². The van der Waals surface area contributed by atoms with E-state index in [4.69, 9.17) is 27.9 Å². The minimum atomic E-state index is -0.105. The van der Waals surface area contributed by atoms with E-state index in [1.807, 2.05) is 24.4 Å². The maximum atomic E-state index is 6.23. The number of aromatic nitrogens is 1. The monoisotopic (exact) mass is 322 g/mol. The molecule has 0 radical (unpaired) electrons. The molecule has 0 saturated carbocycles. The first-order valence-electron chi connectivity index (χ1n) is 6.97. The standard InChI is InChI=1S/C16H16Cl2N2O/c17-13-4-1-5-14(18)16(13)21-15(12-6-8-20-10-12)11-3-2-7-19-9-11/h1-5,7,9,12,15,20H,6,8,10H2/t12-,15-/m1/s1. The minimum absolute atomic E-state index is 0.105. The number of nitrogens with zero attached hydrogens (tertiary/aromatic N) is 1. The number of rotatable bonds is 4. The van der Waals surface area contributed by atoms with Gasteiger partial charge in [-0.3, -0.25) is 4.98 Å². The SMILES string of the molecule is Clc1cccc(Cl)c1O[C@H](c1cccnc1)[C@@H]1CCNC1. The van der Waals surface area contributed by atoms with Crippen LogP contribution in [0.25, 0.3) is 0 Å². The molecule has 5 heteroatoms. The molecule has 2 heterocycles. The van der Waals surface area contributed by atoms with Crippen LogP contribution in [0.5, 0.6) is 5.75 Å². The predicted molar refractivity (Wildman–Crippen MR) is 85.0 cm³/mol. The summed E-state index contributed by atoms with van der Waals surface area (Å²) in [7, 11) is 0. The van der Waals surface area contributed by atoms with Gasteiger partial charge in [0.15, 0.2) is 5.75 Å². The van der Waals surface area contributed by atoms with Crippen molar-refractivity contribution in [3.05, 3.63) is 58.3 Å². The third kappa shape index (κ3) is 3.31. The van der Waals surface area contributed by atoms with Crippen LogP contribution in [-0.2, 0) is 0 Å². The van der Waals surface area contributed by atoms with E-state index in [1.165, 1.54) is 0 Å². The van der Waals surface area contributed by atoms with Crippen LogP contribution in [0.1, 0.15) is 18.1 Å². The third-order valence-corrected chi connectivity index (χ3v) is 4.30. The van der Waals surface area contributed by atoms with Crippen molar-refractivity contribution in [1.82, 2.24) is 10.3 Å². The summed E-state index contributed by atoms with van der Waals surface area (Å²) in [5, 5.41) is 4.43. The maximum Gasteiger partial charge on any atom is 0.157 e. The smallest absolute Gasteiger partial charge is 0.157 e. The zero-order valence-corrected chi connectivity index (χ0v) is 12.9. The molecule has 110 valence electrons. The molecule has 0 bridgehead atoms. The van der Waals surface area contributed by atoms with Gasteiger partial charge in [0.2, 0.25) is 0 Å². The zero-order chi connectivity index (χ0) is 14.7. The topological polar surface area (TPSA) is 34.1 Å². The van der Waals surface area contributed by atoms with Gasteiger partial charge in [-0.25, -0.2) is 0 Å². The van der Waals surface area contributed by atoms with E-state index < -0.39 is 0 Å². The summed E-state index contributed by atoms with van der Waals surface area (Å²) in [5.74, 6) is 0.920. The van der Waals surface area contributed by atoms with Gasteiger partial charge in [-0.15, -0.1) is 0 Å². The number of hydrogen-bond donors (Lipinski definition) is 1. The average molecular weight is 323 g/mol. The summed E-state index contributed by atoms with van der Waals surface area (Å²) < 4.78 is 6.20. The quantitative estimate of drug-likeness (QED) is 0.919. The van der Waals surface area contributed by atoms with Crippen LogP contribution in [-0.4, -0.2) is 18.1 Å². The van der Waals surface area contributed by atoms with Gasteiger partial charge >= 0.3 is 0 Å². The summed E-state index contributed by atoms with van der Waals surface area (Å²) in [4.78, 5) is 4.20. The van der Waals surface area contributed by atoms with E-state index in [1.54, 1.807) is 18.3 Å². The van der Waals surface area contributed by atoms with Crippen molar-refractivity contribution < 1.29 is 4.74 Å². The summed E-state index contributed by atoms with van der Waals surface area (Å²) in [6, 6.07) is 9.34. The Kier molecular flexibility index (Phi) is 4.63. The third-order valence-electron chi connectivity index (χ3n) is 3.70. The molecule has 2 atom stereocenters. The van der Waals surface area contributed by atoms with Crippen LogP contribution >= 0.6 is 23.2 Å². The van der Waals surface area contributed by atoms with Gasteiger partial charge in [0, 0.05) is 30.4 Å². The Morgan fingerprint density at radius 1 is 1.19 bits per heavy atom. The molecule has 1 N–H and O–H groups in total. The van der Waals surface area contributed by atoms with Crippen molar-refractivity contribution in [3.63, 3.8) is 0 Å². The molecule has 0 aliphatic carbocycles. The van der Waals surface area contributed by atoms with Crippen LogP contribution in [0, 0.1) is 5.92 Å². The second-order valence-corrected chi connectivity index (χ2v) is 5.94. The van der Waals surface area contributed by atoms with Crippen LogP contribution in [0.2, 0.25) is 10.0 Å². The first-order valence-corrected chi connectivity index (χ1v) is 7.72. The lowest BCUT2D eigenvalue weighted by Crippen LogP contribution is -2.21. The predicted octanol–water partition coefficient (Wildman–Crippen LogP) is 4.12. The molecule has 0 spiro atoms. The van der Waals surface area contributed by atoms with Crippen LogP contribution in [0.4, 0.5) is 0 Å². The van der Waals surface area contributed by atoms with Crippen molar-refractivity contribution in [2.75, 3.05) is 13.1 Å². The summed E-state index contributed by atoms with van der Waals surface area (Å²) in [5.41, 5.74) is 1.04. The Balaban J connectivity index is 1.92. The van der Waals surface area contributed by atoms with Crippen molar-refractivity contribution >= 4 is 23.2 Å². The fraction of sp³-hybridized carbons (Fsp3) is 0.312. The first kappa shape index (κ1) is 14.6. The highest BCUT2D eigenvalue weighted by atomic mass is 35.5. The Morgan fingerprint density at radius 3 is 2.62 bits per heavy atom. The van der Waals surface area contributed by atoms with Gasteiger partial charge in [-0.05, 0) is 31.2 Å². The molecule has 1 fully saturated rings. The largest absolute Gasteiger partial charge is 0.482 e. The highest BCUT2D eigenvalue weighted by molar-refractivity contribution is 6.37. The van der Waals surface area contributed by atoms with E-state index in [9.17, 15) is 0 Å². The molecule has 1 aliphatic rings. The van der Waals surface area contributed by atoms with Gasteiger partial charge in [0.25, 0.3) is 0 Å². The molecule has 0 amide bonds. The fourth-order valence-electron chi connectivity index (χ4n) is 2.64. The summed E-state index contributed by atoms with van der Waals surface area (Å²) in [6.45, 7) is 1.92. The average Bonchev–Trinajstić information content (AvgIpc) is 3.02. The first-order chi connectivity index (χ1) is 10.3. The second kappa shape index (κ2) is 6.65. The lowest BCUT2D eigenvalue weighted by Gasteiger charge is -2.25. The van der Waals surface area contributed by atoms with Gasteiger partial charge in [0.1, 0.15) is 6.10 Å². The molecular formula is C16H16Cl2N2O. The van der Waals surface area contributed by atoms with Gasteiger partial charge in [-0.2, -0.15) is 0 Å². The molecule has 3 nitrogen and oxygen atoms in total. The lowest BCUT2D eigenvalue weighted by molar-refractivity contribution is 0.144. The number of halogens is 2. The number of hydrogen-bond acceptors (Lipinski definition) is 3. The molecule has 2 aromatic rings. The molecule has 0 unspecified atom stereocenters. The Hall–Kier alpha value is -1.29. The fourth-order valence-corrected chi connectivity index (χ4v) is 3.12. The number of pyridine rings is 1. The van der Waals surface area contributed by atoms with E-state index in [0.717, 1.165) is 25.1 Å². The van der Waals surface area contributed by atoms with E-state index in [2.05, 4.69) is 10.3 Å². The number of nitrogens with one attached hydrogen (secondary N) is 1. The van der Waals surface area contributed by atoms with E-state index in [-0.39, 0.29) is 6.10 Å². The van der Waals surface area contributed by atoms with Crippen molar-refractivity contribution in [1.29, 1.82) is 0 Å². The minimum Gasteiger partial charge on any atom is -0.482 e. The maximum absolute atomic E-state index is 6.23. The molecule has 21 heavy (non-hydrogen) atoms. The zero-order valence-electron chi connectivity index (χ0n) is 11.4. The second-order valence-electron chi connectivity index (χ2n) is 5.13. The molecule has 3 rings (SSSR count). The van der Waals surface area contributed by atoms with E-state index >= 15 is 0 Å². The Labute approximate surface area is 134 Å². The van der Waals surface area contributed by atoms with Crippen LogP contribution in [0.15, 0.2) is 42.7 Å². The molecule has 1 aromatic heterocycles. The molecule has 1 aliphatic heterocycles. The number of ether oxygens (including phenoxy) is 1. The Morgan fingerprint density at radius 2 is 2.00 bits per heavy atom. The molecule has 1 saturated heterocycles.